The van der Waals surface area contributed by atoms with E-state index in [9.17, 15) is 0 Å². The molecule has 2 N–H and O–H groups in total. The van der Waals surface area contributed by atoms with Crippen LogP contribution in [0.2, 0.25) is 0 Å². The summed E-state index contributed by atoms with van der Waals surface area (Å²) in [6.07, 6.45) is 7.46. The predicted octanol–water partition coefficient (Wildman–Crippen LogP) is 2.33. The lowest BCUT2D eigenvalue weighted by molar-refractivity contribution is 0.0384. The monoisotopic (exact) mass is 366 g/mol. The Morgan fingerprint density at radius 2 is 2.00 bits per heavy atom. The molecule has 1 atom stereocenters. The quantitative estimate of drug-likeness (QED) is 0.889. The topological polar surface area (TPSA) is 80.4 Å². The molecule has 2 bridgehead atoms. The van der Waals surface area contributed by atoms with Gasteiger partial charge in [-0.05, 0) is 31.2 Å². The molecule has 27 heavy (non-hydrogen) atoms. The summed E-state index contributed by atoms with van der Waals surface area (Å²) in [5.74, 6) is 2.20. The van der Waals surface area contributed by atoms with Gasteiger partial charge in [-0.2, -0.15) is 0 Å². The summed E-state index contributed by atoms with van der Waals surface area (Å²) in [5, 5.41) is 0. The SMILES string of the molecule is CC[C@H]1CN(c2cc(-c3cnc(N)nc3)nc(N3CC4CC3C4)c2)CCO1. The van der Waals surface area contributed by atoms with Crippen LogP contribution in [0.1, 0.15) is 26.2 Å². The summed E-state index contributed by atoms with van der Waals surface area (Å²) < 4.78 is 5.86. The molecule has 3 saturated heterocycles. The smallest absolute Gasteiger partial charge is 0.219 e. The van der Waals surface area contributed by atoms with Gasteiger partial charge in [0, 0.05) is 55.4 Å². The first-order valence-corrected chi connectivity index (χ1v) is 9.92. The standard InChI is InChI=1S/C20H26N6O/c1-2-17-12-25(3-4-27-17)15-7-18(14-9-22-20(21)23-10-14)24-19(8-15)26-11-13-5-16(26)6-13/h7-10,13,16-17H,2-6,11-12H2,1H3,(H2,21,22,23)/t13?,16?,17-/m0/s1. The Morgan fingerprint density at radius 3 is 2.70 bits per heavy atom. The molecule has 0 amide bonds. The van der Waals surface area contributed by atoms with Crippen molar-refractivity contribution in [3.8, 4) is 11.3 Å². The lowest BCUT2D eigenvalue weighted by atomic mass is 9.86. The third-order valence-electron chi connectivity index (χ3n) is 6.12. The van der Waals surface area contributed by atoms with Gasteiger partial charge in [-0.15, -0.1) is 0 Å². The van der Waals surface area contributed by atoms with Crippen molar-refractivity contribution in [2.24, 2.45) is 5.92 Å². The number of anilines is 3. The first-order valence-electron chi connectivity index (χ1n) is 9.92. The van der Waals surface area contributed by atoms with Crippen molar-refractivity contribution in [3.63, 3.8) is 0 Å². The average molecular weight is 366 g/mol. The maximum absolute atomic E-state index is 5.86. The summed E-state index contributed by atoms with van der Waals surface area (Å²) in [4.78, 5) is 18.2. The van der Waals surface area contributed by atoms with E-state index in [1.165, 1.54) is 18.5 Å². The van der Waals surface area contributed by atoms with Gasteiger partial charge in [0.1, 0.15) is 5.82 Å². The Balaban J connectivity index is 1.53. The highest BCUT2D eigenvalue weighted by Crippen LogP contribution is 2.43. The van der Waals surface area contributed by atoms with Gasteiger partial charge in [0.2, 0.25) is 5.95 Å². The first kappa shape index (κ1) is 16.7. The summed E-state index contributed by atoms with van der Waals surface area (Å²) in [6.45, 7) is 5.90. The second-order valence-electron chi connectivity index (χ2n) is 7.89. The minimum atomic E-state index is 0.287. The second kappa shape index (κ2) is 6.64. The number of aromatic nitrogens is 3. The molecule has 4 aliphatic rings. The minimum absolute atomic E-state index is 0.287. The van der Waals surface area contributed by atoms with E-state index in [0.29, 0.717) is 12.1 Å². The van der Waals surface area contributed by atoms with Crippen LogP contribution in [-0.2, 0) is 4.74 Å². The Labute approximate surface area is 159 Å². The maximum Gasteiger partial charge on any atom is 0.219 e. The van der Waals surface area contributed by atoms with Gasteiger partial charge in [-0.25, -0.2) is 15.0 Å². The summed E-state index contributed by atoms with van der Waals surface area (Å²) in [6, 6.07) is 5.05. The molecule has 0 aromatic carbocycles. The lowest BCUT2D eigenvalue weighted by Gasteiger charge is -2.35. The number of rotatable bonds is 4. The molecular formula is C20H26N6O. The lowest BCUT2D eigenvalue weighted by Crippen LogP contribution is -2.42. The third kappa shape index (κ3) is 3.10. The van der Waals surface area contributed by atoms with Crippen molar-refractivity contribution in [1.29, 1.82) is 0 Å². The van der Waals surface area contributed by atoms with Crippen molar-refractivity contribution in [2.75, 3.05) is 41.8 Å². The van der Waals surface area contributed by atoms with E-state index in [1.807, 2.05) is 0 Å². The van der Waals surface area contributed by atoms with Gasteiger partial charge < -0.3 is 20.3 Å². The van der Waals surface area contributed by atoms with Crippen LogP contribution < -0.4 is 15.5 Å². The molecule has 7 heteroatoms. The van der Waals surface area contributed by atoms with E-state index in [-0.39, 0.29) is 5.95 Å². The molecular weight excluding hydrogens is 340 g/mol. The molecule has 1 saturated carbocycles. The molecule has 6 rings (SSSR count). The normalized spacial score (nSPS) is 26.9. The predicted molar refractivity (Wildman–Crippen MR) is 106 cm³/mol. The molecule has 3 aliphatic heterocycles. The number of nitrogens with two attached hydrogens (primary N) is 1. The van der Waals surface area contributed by atoms with Crippen LogP contribution in [0.3, 0.4) is 0 Å². The van der Waals surface area contributed by atoms with Crippen LogP contribution in [0.5, 0.6) is 0 Å². The number of hydrogen-bond donors (Lipinski definition) is 1. The fourth-order valence-electron chi connectivity index (χ4n) is 4.46. The fraction of sp³-hybridized carbons (Fsp3) is 0.550. The Bertz CT molecular complexity index is 820. The van der Waals surface area contributed by atoms with Crippen LogP contribution in [0, 0.1) is 5.92 Å². The van der Waals surface area contributed by atoms with Crippen LogP contribution in [0.25, 0.3) is 11.3 Å². The van der Waals surface area contributed by atoms with Gasteiger partial charge in [-0.1, -0.05) is 6.92 Å². The zero-order valence-corrected chi connectivity index (χ0v) is 15.7. The molecule has 7 nitrogen and oxygen atoms in total. The van der Waals surface area contributed by atoms with Gasteiger partial charge in [0.25, 0.3) is 0 Å². The van der Waals surface area contributed by atoms with Gasteiger partial charge in [0.15, 0.2) is 0 Å². The number of pyridine rings is 1. The molecule has 5 heterocycles. The highest BCUT2D eigenvalue weighted by molar-refractivity contribution is 5.69. The summed E-state index contributed by atoms with van der Waals surface area (Å²) >= 11 is 0. The van der Waals surface area contributed by atoms with E-state index in [4.69, 9.17) is 15.5 Å². The zero-order valence-electron chi connectivity index (χ0n) is 15.7. The van der Waals surface area contributed by atoms with Crippen molar-refractivity contribution in [2.45, 2.75) is 38.3 Å². The number of morpholine rings is 1. The molecule has 2 aromatic rings. The molecule has 0 radical (unpaired) electrons. The zero-order chi connectivity index (χ0) is 18.4. The number of fused-ring (bicyclic) bond motifs is 1. The summed E-state index contributed by atoms with van der Waals surface area (Å²) in [5.41, 5.74) is 8.68. The number of nitrogens with zero attached hydrogens (tertiary/aromatic N) is 5. The van der Waals surface area contributed by atoms with Crippen LogP contribution >= 0.6 is 0 Å². The Morgan fingerprint density at radius 1 is 1.19 bits per heavy atom. The van der Waals surface area contributed by atoms with E-state index in [1.54, 1.807) is 12.4 Å². The molecule has 142 valence electrons. The maximum atomic E-state index is 5.86. The number of hydrogen-bond acceptors (Lipinski definition) is 7. The summed E-state index contributed by atoms with van der Waals surface area (Å²) in [7, 11) is 0. The van der Waals surface area contributed by atoms with E-state index >= 15 is 0 Å². The minimum Gasteiger partial charge on any atom is -0.375 e. The van der Waals surface area contributed by atoms with Crippen LogP contribution in [0.4, 0.5) is 17.5 Å². The van der Waals surface area contributed by atoms with Crippen LogP contribution in [0.15, 0.2) is 24.5 Å². The van der Waals surface area contributed by atoms with E-state index in [0.717, 1.165) is 55.7 Å². The first-order chi connectivity index (χ1) is 13.2. The molecule has 1 aliphatic carbocycles. The van der Waals surface area contributed by atoms with Crippen molar-refractivity contribution in [1.82, 2.24) is 15.0 Å². The van der Waals surface area contributed by atoms with Crippen molar-refractivity contribution in [3.05, 3.63) is 24.5 Å². The van der Waals surface area contributed by atoms with Crippen LogP contribution in [-0.4, -0.2) is 53.3 Å². The number of nitrogen functional groups attached to an aromatic ring is 1. The largest absolute Gasteiger partial charge is 0.375 e. The third-order valence-corrected chi connectivity index (χ3v) is 6.12. The van der Waals surface area contributed by atoms with Gasteiger partial charge in [0.05, 0.1) is 18.4 Å². The molecule has 2 aromatic heterocycles. The fourth-order valence-corrected chi connectivity index (χ4v) is 4.46. The highest BCUT2D eigenvalue weighted by atomic mass is 16.5. The molecule has 0 spiro atoms. The van der Waals surface area contributed by atoms with E-state index < -0.39 is 0 Å². The number of ether oxygens (including phenoxy) is 1. The average Bonchev–Trinajstić information content (AvgIpc) is 3.29. The Kier molecular flexibility index (Phi) is 4.11. The second-order valence-corrected chi connectivity index (χ2v) is 7.89. The van der Waals surface area contributed by atoms with Gasteiger partial charge in [-0.3, -0.25) is 0 Å². The van der Waals surface area contributed by atoms with Crippen molar-refractivity contribution >= 4 is 17.5 Å². The van der Waals surface area contributed by atoms with E-state index in [2.05, 4.69) is 38.8 Å². The van der Waals surface area contributed by atoms with Crippen molar-refractivity contribution < 1.29 is 4.74 Å². The highest BCUT2D eigenvalue weighted by Gasteiger charge is 2.43. The molecule has 0 unspecified atom stereocenters. The Hall–Kier alpha value is -2.41. The molecule has 4 fully saturated rings. The van der Waals surface area contributed by atoms with Gasteiger partial charge >= 0.3 is 0 Å².